The molecule has 0 saturated heterocycles. The van der Waals surface area contributed by atoms with Gasteiger partial charge < -0.3 is 14.9 Å². The third-order valence-electron chi connectivity index (χ3n) is 1.81. The molecule has 0 saturated carbocycles. The molecule has 88 valence electrons. The summed E-state index contributed by atoms with van der Waals surface area (Å²) in [4.78, 5) is 34.8. The molecule has 0 aliphatic rings. The topological polar surface area (TPSA) is 121 Å². The van der Waals surface area contributed by atoms with Gasteiger partial charge in [-0.3, -0.25) is 4.57 Å². The van der Waals surface area contributed by atoms with Crippen LogP contribution in [0.5, 0.6) is 0 Å². The van der Waals surface area contributed by atoms with Crippen LogP contribution in [0.1, 0.15) is 22.6 Å². The predicted octanol–water partition coefficient (Wildman–Crippen LogP) is 0.285. The molecule has 1 aromatic rings. The van der Waals surface area contributed by atoms with Gasteiger partial charge >= 0.3 is 13.6 Å². The summed E-state index contributed by atoms with van der Waals surface area (Å²) in [7, 11) is -3.96. The van der Waals surface area contributed by atoms with Gasteiger partial charge in [-0.25, -0.2) is 14.8 Å². The van der Waals surface area contributed by atoms with Crippen molar-refractivity contribution in [3.63, 3.8) is 0 Å². The number of aromatic carboxylic acids is 1. The molecule has 0 aliphatic carbocycles. The molecule has 0 aliphatic heterocycles. The minimum atomic E-state index is -3.96. The highest BCUT2D eigenvalue weighted by molar-refractivity contribution is 7.51. The first-order chi connectivity index (χ1) is 7.38. The SMILES string of the molecule is O=C(O)c1ncc(CCCP(=O)(O)O)cn1. The van der Waals surface area contributed by atoms with E-state index in [9.17, 15) is 9.36 Å². The van der Waals surface area contributed by atoms with Crippen LogP contribution < -0.4 is 0 Å². The van der Waals surface area contributed by atoms with Crippen molar-refractivity contribution in [2.24, 2.45) is 0 Å². The van der Waals surface area contributed by atoms with Gasteiger partial charge in [0.15, 0.2) is 0 Å². The van der Waals surface area contributed by atoms with Crippen LogP contribution in [0.2, 0.25) is 0 Å². The first-order valence-electron chi connectivity index (χ1n) is 4.47. The van der Waals surface area contributed by atoms with Gasteiger partial charge in [-0.15, -0.1) is 0 Å². The number of carbonyl (C=O) groups is 1. The van der Waals surface area contributed by atoms with Crippen molar-refractivity contribution in [1.82, 2.24) is 9.97 Å². The van der Waals surface area contributed by atoms with Gasteiger partial charge in [0.05, 0.1) is 6.16 Å². The molecular weight excluding hydrogens is 235 g/mol. The zero-order valence-corrected chi connectivity index (χ0v) is 9.17. The molecule has 8 heteroatoms. The summed E-state index contributed by atoms with van der Waals surface area (Å²) < 4.78 is 10.6. The molecule has 0 fully saturated rings. The highest BCUT2D eigenvalue weighted by atomic mass is 31.2. The molecule has 0 aromatic carbocycles. The summed E-state index contributed by atoms with van der Waals surface area (Å²) in [6.45, 7) is 0. The Morgan fingerprint density at radius 2 is 1.88 bits per heavy atom. The van der Waals surface area contributed by atoms with E-state index < -0.39 is 13.6 Å². The molecule has 0 unspecified atom stereocenters. The molecule has 16 heavy (non-hydrogen) atoms. The number of carboxylic acid groups (broad SMARTS) is 1. The largest absolute Gasteiger partial charge is 0.475 e. The molecule has 1 rings (SSSR count). The van der Waals surface area contributed by atoms with Crippen molar-refractivity contribution in [2.75, 3.05) is 6.16 Å². The van der Waals surface area contributed by atoms with Gasteiger partial charge in [0, 0.05) is 12.4 Å². The highest BCUT2D eigenvalue weighted by Crippen LogP contribution is 2.35. The maximum atomic E-state index is 10.6. The van der Waals surface area contributed by atoms with Crippen LogP contribution in [-0.2, 0) is 11.0 Å². The Labute approximate surface area is 91.3 Å². The van der Waals surface area contributed by atoms with Crippen LogP contribution in [0, 0.1) is 0 Å². The normalized spacial score (nSPS) is 11.4. The van der Waals surface area contributed by atoms with E-state index in [4.69, 9.17) is 14.9 Å². The summed E-state index contributed by atoms with van der Waals surface area (Å²) in [5.41, 5.74) is 0.651. The number of rotatable bonds is 5. The standard InChI is InChI=1S/C8H11N2O5P/c11-8(12)7-9-4-6(5-10-7)2-1-3-16(13,14)15/h4-5H,1-3H2,(H,11,12)(H2,13,14,15). The lowest BCUT2D eigenvalue weighted by Gasteiger charge is -2.03. The van der Waals surface area contributed by atoms with Crippen LogP contribution in [0.4, 0.5) is 0 Å². The quantitative estimate of drug-likeness (QED) is 0.638. The average Bonchev–Trinajstić information content (AvgIpc) is 2.16. The van der Waals surface area contributed by atoms with Crippen LogP contribution in [-0.4, -0.2) is 37.0 Å². The smallest absolute Gasteiger partial charge is 0.373 e. The van der Waals surface area contributed by atoms with Crippen LogP contribution in [0.3, 0.4) is 0 Å². The summed E-state index contributed by atoms with van der Waals surface area (Å²) in [5.74, 6) is -1.50. The second-order valence-electron chi connectivity index (χ2n) is 3.21. The van der Waals surface area contributed by atoms with Crippen molar-refractivity contribution >= 4 is 13.6 Å². The van der Waals surface area contributed by atoms with Crippen molar-refractivity contribution in [3.05, 3.63) is 23.8 Å². The highest BCUT2D eigenvalue weighted by Gasteiger charge is 2.12. The van der Waals surface area contributed by atoms with Crippen LogP contribution >= 0.6 is 7.60 Å². The van der Waals surface area contributed by atoms with Crippen molar-refractivity contribution < 1.29 is 24.3 Å². The van der Waals surface area contributed by atoms with Gasteiger partial charge in [0.25, 0.3) is 0 Å². The predicted molar refractivity (Wildman–Crippen MR) is 54.2 cm³/mol. The molecule has 1 heterocycles. The van der Waals surface area contributed by atoms with Gasteiger partial charge in [-0.05, 0) is 18.4 Å². The Bertz CT molecular complexity index is 413. The monoisotopic (exact) mass is 246 g/mol. The number of aryl methyl sites for hydroxylation is 1. The Morgan fingerprint density at radius 1 is 1.31 bits per heavy atom. The van der Waals surface area contributed by atoms with Gasteiger partial charge in [0.2, 0.25) is 5.82 Å². The Kier molecular flexibility index (Phi) is 4.12. The van der Waals surface area contributed by atoms with E-state index >= 15 is 0 Å². The van der Waals surface area contributed by atoms with Crippen LogP contribution in [0.25, 0.3) is 0 Å². The summed E-state index contributed by atoms with van der Waals surface area (Å²) in [6.07, 6.45) is 3.20. The first kappa shape index (κ1) is 12.8. The third-order valence-corrected chi connectivity index (χ3v) is 2.71. The zero-order valence-electron chi connectivity index (χ0n) is 8.28. The number of hydrogen-bond donors (Lipinski definition) is 3. The van der Waals surface area contributed by atoms with Crippen molar-refractivity contribution in [2.45, 2.75) is 12.8 Å². The maximum Gasteiger partial charge on any atom is 0.373 e. The fourth-order valence-electron chi connectivity index (χ4n) is 1.08. The molecule has 3 N–H and O–H groups in total. The molecule has 1 aromatic heterocycles. The lowest BCUT2D eigenvalue weighted by atomic mass is 10.2. The molecule has 0 bridgehead atoms. The molecule has 0 radical (unpaired) electrons. The number of nitrogens with zero attached hydrogens (tertiary/aromatic N) is 2. The second-order valence-corrected chi connectivity index (χ2v) is 4.99. The molecule has 0 spiro atoms. The number of aromatic nitrogens is 2. The molecule has 0 amide bonds. The Hall–Kier alpha value is -1.30. The minimum Gasteiger partial charge on any atom is -0.475 e. The minimum absolute atomic E-state index is 0.201. The fourth-order valence-corrected chi connectivity index (χ4v) is 1.65. The van der Waals surface area contributed by atoms with Gasteiger partial charge in [-0.1, -0.05) is 0 Å². The van der Waals surface area contributed by atoms with E-state index in [1.54, 1.807) is 0 Å². The molecular formula is C8H11N2O5P. The maximum absolute atomic E-state index is 10.6. The van der Waals surface area contributed by atoms with Crippen LogP contribution in [0.15, 0.2) is 12.4 Å². The van der Waals surface area contributed by atoms with E-state index in [-0.39, 0.29) is 12.0 Å². The number of hydrogen-bond acceptors (Lipinski definition) is 4. The van der Waals surface area contributed by atoms with E-state index in [0.717, 1.165) is 0 Å². The Morgan fingerprint density at radius 3 is 2.31 bits per heavy atom. The Balaban J connectivity index is 2.50. The second kappa shape index (κ2) is 5.16. The van der Waals surface area contributed by atoms with E-state index in [1.807, 2.05) is 0 Å². The summed E-state index contributed by atoms with van der Waals surface area (Å²) in [5, 5.41) is 8.53. The third kappa shape index (κ3) is 4.48. The fraction of sp³-hybridized carbons (Fsp3) is 0.375. The molecule has 0 atom stereocenters. The van der Waals surface area contributed by atoms with Crippen molar-refractivity contribution in [3.8, 4) is 0 Å². The zero-order chi connectivity index (χ0) is 12.2. The first-order valence-corrected chi connectivity index (χ1v) is 6.27. The summed E-state index contributed by atoms with van der Waals surface area (Å²) in [6, 6.07) is 0. The lowest BCUT2D eigenvalue weighted by molar-refractivity contribution is 0.0683. The van der Waals surface area contributed by atoms with E-state index in [2.05, 4.69) is 9.97 Å². The van der Waals surface area contributed by atoms with E-state index in [1.165, 1.54) is 12.4 Å². The summed E-state index contributed by atoms with van der Waals surface area (Å²) >= 11 is 0. The average molecular weight is 246 g/mol. The van der Waals surface area contributed by atoms with Gasteiger partial charge in [0.1, 0.15) is 0 Å². The lowest BCUT2D eigenvalue weighted by Crippen LogP contribution is -2.04. The van der Waals surface area contributed by atoms with Gasteiger partial charge in [-0.2, -0.15) is 0 Å². The van der Waals surface area contributed by atoms with E-state index in [0.29, 0.717) is 18.4 Å². The molecule has 7 nitrogen and oxygen atoms in total. The van der Waals surface area contributed by atoms with Crippen molar-refractivity contribution in [1.29, 1.82) is 0 Å². The number of carboxylic acids is 1.